The van der Waals surface area contributed by atoms with Gasteiger partial charge in [0.15, 0.2) is 6.29 Å². The summed E-state index contributed by atoms with van der Waals surface area (Å²) >= 11 is 0. The molecule has 2 bridgehead atoms. The summed E-state index contributed by atoms with van der Waals surface area (Å²) in [5, 5.41) is 18.6. The van der Waals surface area contributed by atoms with Crippen molar-refractivity contribution in [1.82, 2.24) is 0 Å². The Bertz CT molecular complexity index is 145. The van der Waals surface area contributed by atoms with E-state index in [9.17, 15) is 10.2 Å². The molecule has 0 aromatic carbocycles. The molecule has 0 amide bonds. The highest BCUT2D eigenvalue weighted by Gasteiger charge is 2.47. The zero-order chi connectivity index (χ0) is 8.01. The molecule has 2 fully saturated rings. The first kappa shape index (κ1) is 7.45. The predicted molar refractivity (Wildman–Crippen MR) is 34.6 cm³/mol. The smallest absolute Gasteiger partial charge is 0.185 e. The fraction of sp³-hybridized carbons (Fsp3) is 1.00. The second kappa shape index (κ2) is 2.40. The van der Waals surface area contributed by atoms with Gasteiger partial charge in [0.25, 0.3) is 0 Å². The van der Waals surface area contributed by atoms with Gasteiger partial charge >= 0.3 is 0 Å². The van der Waals surface area contributed by atoms with Gasteiger partial charge in [-0.3, -0.25) is 0 Å². The standard InChI is InChI=1S/C6H11NO4/c7-3-4(8)2-1-10-6(11-2)5(3)9/h2-6,8-9H,1,7H2/t2-,3+,4+,5-,6+/m1/s1. The van der Waals surface area contributed by atoms with Gasteiger partial charge < -0.3 is 25.4 Å². The Balaban J connectivity index is 2.16. The van der Waals surface area contributed by atoms with Crippen LogP contribution in [-0.4, -0.2) is 47.5 Å². The lowest BCUT2D eigenvalue weighted by Crippen LogP contribution is -2.58. The largest absolute Gasteiger partial charge is 0.389 e. The van der Waals surface area contributed by atoms with E-state index in [2.05, 4.69) is 0 Å². The van der Waals surface area contributed by atoms with Crippen LogP contribution in [0.25, 0.3) is 0 Å². The number of ether oxygens (including phenoxy) is 2. The maximum atomic E-state index is 9.34. The topological polar surface area (TPSA) is 84.9 Å². The number of hydrogen-bond donors (Lipinski definition) is 3. The van der Waals surface area contributed by atoms with E-state index >= 15 is 0 Å². The number of aliphatic hydroxyl groups is 2. The van der Waals surface area contributed by atoms with Crippen LogP contribution in [0.2, 0.25) is 0 Å². The molecule has 5 atom stereocenters. The summed E-state index contributed by atoms with van der Waals surface area (Å²) in [4.78, 5) is 0. The van der Waals surface area contributed by atoms with Crippen LogP contribution in [0, 0.1) is 0 Å². The summed E-state index contributed by atoms with van der Waals surface area (Å²) < 4.78 is 10.1. The lowest BCUT2D eigenvalue weighted by Gasteiger charge is -2.33. The van der Waals surface area contributed by atoms with Crippen molar-refractivity contribution in [2.75, 3.05) is 6.61 Å². The Morgan fingerprint density at radius 1 is 1.27 bits per heavy atom. The first-order valence-corrected chi connectivity index (χ1v) is 3.59. The highest BCUT2D eigenvalue weighted by molar-refractivity contribution is 4.95. The molecule has 5 nitrogen and oxygen atoms in total. The maximum Gasteiger partial charge on any atom is 0.185 e. The molecule has 0 spiro atoms. The van der Waals surface area contributed by atoms with Crippen LogP contribution in [0.4, 0.5) is 0 Å². The van der Waals surface area contributed by atoms with Crippen molar-refractivity contribution in [3.63, 3.8) is 0 Å². The summed E-state index contributed by atoms with van der Waals surface area (Å²) in [6.07, 6.45) is -2.73. The first-order valence-electron chi connectivity index (χ1n) is 3.59. The molecule has 0 aromatic heterocycles. The van der Waals surface area contributed by atoms with E-state index in [0.717, 1.165) is 0 Å². The van der Waals surface area contributed by atoms with E-state index in [-0.39, 0.29) is 6.10 Å². The molecule has 0 aliphatic carbocycles. The third kappa shape index (κ3) is 0.969. The van der Waals surface area contributed by atoms with Crippen molar-refractivity contribution in [3.05, 3.63) is 0 Å². The molecule has 2 aliphatic heterocycles. The SMILES string of the molecule is N[C@H]1[C@@H](O)[C@H]2CO[C@@H](O2)[C@@H]1O. The van der Waals surface area contributed by atoms with Crippen molar-refractivity contribution in [2.45, 2.75) is 30.6 Å². The quantitative estimate of drug-likeness (QED) is 0.375. The van der Waals surface area contributed by atoms with Crippen LogP contribution in [-0.2, 0) is 9.47 Å². The fourth-order valence-corrected chi connectivity index (χ4v) is 1.43. The van der Waals surface area contributed by atoms with Gasteiger partial charge in [0.1, 0.15) is 18.3 Å². The Morgan fingerprint density at radius 2 is 2.00 bits per heavy atom. The average molecular weight is 161 g/mol. The third-order valence-corrected chi connectivity index (χ3v) is 2.18. The Kier molecular flexibility index (Phi) is 1.62. The minimum absolute atomic E-state index is 0.316. The fourth-order valence-electron chi connectivity index (χ4n) is 1.43. The summed E-state index contributed by atoms with van der Waals surface area (Å²) in [6.45, 7) is 0.316. The molecule has 2 rings (SSSR count). The van der Waals surface area contributed by atoms with Gasteiger partial charge in [-0.15, -0.1) is 0 Å². The molecule has 0 saturated carbocycles. The van der Waals surface area contributed by atoms with Crippen LogP contribution in [0.3, 0.4) is 0 Å². The van der Waals surface area contributed by atoms with Crippen molar-refractivity contribution < 1.29 is 19.7 Å². The molecular formula is C6H11NO4. The van der Waals surface area contributed by atoms with Crippen LogP contribution in [0.5, 0.6) is 0 Å². The summed E-state index contributed by atoms with van der Waals surface area (Å²) in [6, 6.07) is -0.652. The zero-order valence-corrected chi connectivity index (χ0v) is 5.88. The van der Waals surface area contributed by atoms with Gasteiger partial charge in [-0.1, -0.05) is 0 Å². The zero-order valence-electron chi connectivity index (χ0n) is 5.88. The molecule has 2 aliphatic rings. The lowest BCUT2D eigenvalue weighted by molar-refractivity contribution is -0.189. The van der Waals surface area contributed by atoms with Gasteiger partial charge in [0, 0.05) is 0 Å². The minimum Gasteiger partial charge on any atom is -0.389 e. The molecule has 4 N–H and O–H groups in total. The van der Waals surface area contributed by atoms with Gasteiger partial charge in [-0.2, -0.15) is 0 Å². The second-order valence-corrected chi connectivity index (χ2v) is 2.93. The van der Waals surface area contributed by atoms with Crippen LogP contribution in [0.15, 0.2) is 0 Å². The van der Waals surface area contributed by atoms with Gasteiger partial charge in [-0.25, -0.2) is 0 Å². The molecule has 5 heteroatoms. The van der Waals surface area contributed by atoms with Crippen LogP contribution in [0.1, 0.15) is 0 Å². The summed E-state index contributed by atoms with van der Waals surface area (Å²) in [7, 11) is 0. The Labute approximate surface area is 63.7 Å². The number of aliphatic hydroxyl groups excluding tert-OH is 2. The number of fused-ring (bicyclic) bond motifs is 2. The summed E-state index contributed by atoms with van der Waals surface area (Å²) in [5.74, 6) is 0. The maximum absolute atomic E-state index is 9.34. The average Bonchev–Trinajstić information content (AvgIpc) is 2.44. The van der Waals surface area contributed by atoms with Crippen molar-refractivity contribution in [2.24, 2.45) is 5.73 Å². The van der Waals surface area contributed by atoms with Crippen LogP contribution < -0.4 is 5.73 Å². The van der Waals surface area contributed by atoms with E-state index in [1.54, 1.807) is 0 Å². The van der Waals surface area contributed by atoms with Gasteiger partial charge in [0.2, 0.25) is 0 Å². The van der Waals surface area contributed by atoms with Crippen molar-refractivity contribution in [1.29, 1.82) is 0 Å². The highest BCUT2D eigenvalue weighted by atomic mass is 16.7. The predicted octanol–water partition coefficient (Wildman–Crippen LogP) is -2.21. The van der Waals surface area contributed by atoms with Gasteiger partial charge in [-0.05, 0) is 0 Å². The third-order valence-electron chi connectivity index (χ3n) is 2.18. The second-order valence-electron chi connectivity index (χ2n) is 2.93. The normalized spacial score (nSPS) is 56.5. The number of rotatable bonds is 0. The molecule has 64 valence electrons. The van der Waals surface area contributed by atoms with E-state index in [4.69, 9.17) is 15.2 Å². The number of nitrogens with two attached hydrogens (primary N) is 1. The monoisotopic (exact) mass is 161 g/mol. The lowest BCUT2D eigenvalue weighted by atomic mass is 9.99. The van der Waals surface area contributed by atoms with Crippen molar-refractivity contribution >= 4 is 0 Å². The first-order chi connectivity index (χ1) is 5.20. The molecule has 0 radical (unpaired) electrons. The van der Waals surface area contributed by atoms with Crippen LogP contribution >= 0.6 is 0 Å². The molecule has 11 heavy (non-hydrogen) atoms. The molecule has 0 aromatic rings. The molecular weight excluding hydrogens is 150 g/mol. The number of hydrogen-bond acceptors (Lipinski definition) is 5. The Hall–Kier alpha value is -0.200. The highest BCUT2D eigenvalue weighted by Crippen LogP contribution is 2.26. The Morgan fingerprint density at radius 3 is 2.73 bits per heavy atom. The van der Waals surface area contributed by atoms with Crippen molar-refractivity contribution in [3.8, 4) is 0 Å². The minimum atomic E-state index is -0.913. The molecule has 0 unspecified atom stereocenters. The van der Waals surface area contributed by atoms with E-state index < -0.39 is 24.5 Å². The van der Waals surface area contributed by atoms with E-state index in [1.165, 1.54) is 0 Å². The molecule has 2 heterocycles. The van der Waals surface area contributed by atoms with Gasteiger partial charge in [0.05, 0.1) is 12.6 Å². The van der Waals surface area contributed by atoms with E-state index in [0.29, 0.717) is 6.61 Å². The van der Waals surface area contributed by atoms with E-state index in [1.807, 2.05) is 0 Å². The summed E-state index contributed by atoms with van der Waals surface area (Å²) in [5.41, 5.74) is 5.48. The molecule has 2 saturated heterocycles.